The molecular formula is C12H15NO4S. The normalized spacial score (nSPS) is 19.8. The zero-order valence-electron chi connectivity index (χ0n) is 10.1. The lowest BCUT2D eigenvalue weighted by atomic mass is 10.2. The number of aliphatic carboxylic acids is 1. The fraction of sp³-hybridized carbons (Fsp3) is 0.500. The Kier molecular flexibility index (Phi) is 3.98. The number of amides is 1. The summed E-state index contributed by atoms with van der Waals surface area (Å²) in [5.74, 6) is -1.11. The van der Waals surface area contributed by atoms with E-state index < -0.39 is 12.1 Å². The molecule has 1 amide bonds. The molecule has 0 saturated carbocycles. The van der Waals surface area contributed by atoms with E-state index in [1.54, 1.807) is 4.90 Å². The zero-order chi connectivity index (χ0) is 13.1. The molecule has 1 aromatic heterocycles. The second-order valence-corrected chi connectivity index (χ2v) is 4.99. The smallest absolute Gasteiger partial charge is 0.334 e. The average molecular weight is 269 g/mol. The van der Waals surface area contributed by atoms with Crippen molar-refractivity contribution in [2.75, 3.05) is 19.7 Å². The van der Waals surface area contributed by atoms with E-state index in [0.717, 1.165) is 12.0 Å². The Labute approximate surface area is 109 Å². The highest BCUT2D eigenvalue weighted by Crippen LogP contribution is 2.20. The van der Waals surface area contributed by atoms with Crippen LogP contribution >= 0.6 is 11.3 Å². The van der Waals surface area contributed by atoms with Crippen LogP contribution in [0.15, 0.2) is 11.4 Å². The molecule has 98 valence electrons. The number of hydrogen-bond donors (Lipinski definition) is 1. The summed E-state index contributed by atoms with van der Waals surface area (Å²) in [4.78, 5) is 25.4. The molecule has 1 N–H and O–H groups in total. The van der Waals surface area contributed by atoms with Gasteiger partial charge in [-0.2, -0.15) is 0 Å². The Morgan fingerprint density at radius 1 is 1.61 bits per heavy atom. The minimum atomic E-state index is -1.02. The Hall–Kier alpha value is -1.40. The maximum absolute atomic E-state index is 12.3. The summed E-state index contributed by atoms with van der Waals surface area (Å²) < 4.78 is 5.10. The van der Waals surface area contributed by atoms with Crippen molar-refractivity contribution in [2.24, 2.45) is 0 Å². The van der Waals surface area contributed by atoms with Gasteiger partial charge in [-0.25, -0.2) is 4.79 Å². The third-order valence-corrected chi connectivity index (χ3v) is 3.90. The number of nitrogens with zero attached hydrogens (tertiary/aromatic N) is 1. The Morgan fingerprint density at radius 2 is 2.39 bits per heavy atom. The molecule has 2 heterocycles. The number of aryl methyl sites for hydroxylation is 1. The SMILES string of the molecule is CCc1ccsc1C(=O)N1CCO[C@H](C(=O)O)C1. The minimum absolute atomic E-state index is 0.0867. The van der Waals surface area contributed by atoms with Crippen LogP contribution in [-0.4, -0.2) is 47.7 Å². The molecule has 1 saturated heterocycles. The van der Waals surface area contributed by atoms with Gasteiger partial charge in [-0.05, 0) is 23.4 Å². The van der Waals surface area contributed by atoms with Crippen LogP contribution in [0.5, 0.6) is 0 Å². The standard InChI is InChI=1S/C12H15NO4S/c1-2-8-3-6-18-10(8)11(14)13-4-5-17-9(7-13)12(15)16/h3,6,9H,2,4-5,7H2,1H3,(H,15,16)/t9-/m0/s1. The fourth-order valence-corrected chi connectivity index (χ4v) is 2.89. The number of ether oxygens (including phenoxy) is 1. The summed E-state index contributed by atoms with van der Waals surface area (Å²) in [6.07, 6.45) is -0.107. The zero-order valence-corrected chi connectivity index (χ0v) is 10.9. The van der Waals surface area contributed by atoms with Gasteiger partial charge in [0, 0.05) is 6.54 Å². The minimum Gasteiger partial charge on any atom is -0.479 e. The van der Waals surface area contributed by atoms with Crippen LogP contribution in [0.2, 0.25) is 0 Å². The average Bonchev–Trinajstić information content (AvgIpc) is 2.86. The van der Waals surface area contributed by atoms with Crippen molar-refractivity contribution >= 4 is 23.2 Å². The highest BCUT2D eigenvalue weighted by Gasteiger charge is 2.30. The first-order chi connectivity index (χ1) is 8.63. The van der Waals surface area contributed by atoms with E-state index in [1.165, 1.54) is 11.3 Å². The Morgan fingerprint density at radius 3 is 3.06 bits per heavy atom. The predicted molar refractivity (Wildman–Crippen MR) is 67.0 cm³/mol. The van der Waals surface area contributed by atoms with E-state index >= 15 is 0 Å². The molecule has 6 heteroatoms. The van der Waals surface area contributed by atoms with E-state index in [4.69, 9.17) is 9.84 Å². The summed E-state index contributed by atoms with van der Waals surface area (Å²) in [6.45, 7) is 2.84. The van der Waals surface area contributed by atoms with Crippen molar-refractivity contribution in [2.45, 2.75) is 19.4 Å². The van der Waals surface area contributed by atoms with Crippen LogP contribution in [0.4, 0.5) is 0 Å². The molecule has 5 nitrogen and oxygen atoms in total. The molecule has 1 atom stereocenters. The van der Waals surface area contributed by atoms with Gasteiger partial charge >= 0.3 is 5.97 Å². The van der Waals surface area contributed by atoms with Gasteiger partial charge in [0.05, 0.1) is 18.0 Å². The van der Waals surface area contributed by atoms with Crippen molar-refractivity contribution in [3.8, 4) is 0 Å². The third-order valence-electron chi connectivity index (χ3n) is 2.95. The monoisotopic (exact) mass is 269 g/mol. The molecule has 1 aromatic rings. The molecule has 0 spiro atoms. The molecule has 1 aliphatic rings. The highest BCUT2D eigenvalue weighted by atomic mass is 32.1. The highest BCUT2D eigenvalue weighted by molar-refractivity contribution is 7.12. The van der Waals surface area contributed by atoms with Gasteiger partial charge in [0.2, 0.25) is 0 Å². The number of rotatable bonds is 3. The lowest BCUT2D eigenvalue weighted by Gasteiger charge is -2.30. The molecule has 0 aliphatic carbocycles. The van der Waals surface area contributed by atoms with Crippen molar-refractivity contribution in [3.05, 3.63) is 21.9 Å². The molecule has 0 bridgehead atoms. The van der Waals surface area contributed by atoms with Crippen molar-refractivity contribution in [1.29, 1.82) is 0 Å². The largest absolute Gasteiger partial charge is 0.479 e. The summed E-state index contributed by atoms with van der Waals surface area (Å²) in [7, 11) is 0. The summed E-state index contributed by atoms with van der Waals surface area (Å²) in [6, 6.07) is 1.94. The van der Waals surface area contributed by atoms with Crippen molar-refractivity contribution < 1.29 is 19.4 Å². The predicted octanol–water partition coefficient (Wildman–Crippen LogP) is 1.24. The molecule has 0 radical (unpaired) electrons. The number of carbonyl (C=O) groups excluding carboxylic acids is 1. The first kappa shape index (κ1) is 13.0. The van der Waals surface area contributed by atoms with Gasteiger partial charge in [-0.3, -0.25) is 4.79 Å². The molecular weight excluding hydrogens is 254 g/mol. The van der Waals surface area contributed by atoms with E-state index in [9.17, 15) is 9.59 Å². The lowest BCUT2D eigenvalue weighted by Crippen LogP contribution is -2.48. The van der Waals surface area contributed by atoms with Gasteiger partial charge in [0.25, 0.3) is 5.91 Å². The van der Waals surface area contributed by atoms with Crippen LogP contribution in [0, 0.1) is 0 Å². The molecule has 0 aromatic carbocycles. The van der Waals surface area contributed by atoms with Gasteiger partial charge < -0.3 is 14.7 Å². The number of thiophene rings is 1. The van der Waals surface area contributed by atoms with Crippen LogP contribution in [0.3, 0.4) is 0 Å². The maximum atomic E-state index is 12.3. The van der Waals surface area contributed by atoms with Crippen molar-refractivity contribution in [1.82, 2.24) is 4.90 Å². The number of morpholine rings is 1. The van der Waals surface area contributed by atoms with E-state index in [-0.39, 0.29) is 19.1 Å². The first-order valence-corrected chi connectivity index (χ1v) is 6.71. The van der Waals surface area contributed by atoms with Gasteiger partial charge in [0.1, 0.15) is 0 Å². The topological polar surface area (TPSA) is 66.8 Å². The molecule has 18 heavy (non-hydrogen) atoms. The molecule has 1 fully saturated rings. The van der Waals surface area contributed by atoms with E-state index in [1.807, 2.05) is 18.4 Å². The number of carbonyl (C=O) groups is 2. The first-order valence-electron chi connectivity index (χ1n) is 5.83. The third kappa shape index (κ3) is 2.54. The van der Waals surface area contributed by atoms with Crippen LogP contribution in [0.25, 0.3) is 0 Å². The van der Waals surface area contributed by atoms with Crippen molar-refractivity contribution in [3.63, 3.8) is 0 Å². The summed E-state index contributed by atoms with van der Waals surface area (Å²) in [5, 5.41) is 10.8. The quantitative estimate of drug-likeness (QED) is 0.896. The second-order valence-electron chi connectivity index (χ2n) is 4.08. The van der Waals surface area contributed by atoms with Gasteiger partial charge in [-0.15, -0.1) is 11.3 Å². The van der Waals surface area contributed by atoms with Crippen LogP contribution < -0.4 is 0 Å². The van der Waals surface area contributed by atoms with Gasteiger partial charge in [0.15, 0.2) is 6.10 Å². The molecule has 2 rings (SSSR count). The van der Waals surface area contributed by atoms with Gasteiger partial charge in [-0.1, -0.05) is 6.92 Å². The van der Waals surface area contributed by atoms with E-state index in [2.05, 4.69) is 0 Å². The fourth-order valence-electron chi connectivity index (χ4n) is 1.93. The molecule has 0 unspecified atom stereocenters. The Bertz CT molecular complexity index is 457. The number of carboxylic acids is 1. The maximum Gasteiger partial charge on any atom is 0.334 e. The number of hydrogen-bond acceptors (Lipinski definition) is 4. The summed E-state index contributed by atoms with van der Waals surface area (Å²) >= 11 is 1.41. The Balaban J connectivity index is 2.11. The molecule has 1 aliphatic heterocycles. The number of carboxylic acid groups (broad SMARTS) is 1. The van der Waals surface area contributed by atoms with E-state index in [0.29, 0.717) is 11.4 Å². The second kappa shape index (κ2) is 5.49. The lowest BCUT2D eigenvalue weighted by molar-refractivity contribution is -0.154. The summed E-state index contributed by atoms with van der Waals surface area (Å²) in [5.41, 5.74) is 1.02. The van der Waals surface area contributed by atoms with Crippen LogP contribution in [-0.2, 0) is 16.0 Å². The van der Waals surface area contributed by atoms with Crippen LogP contribution in [0.1, 0.15) is 22.2 Å².